The lowest BCUT2D eigenvalue weighted by Crippen LogP contribution is -2.33. The molecule has 0 spiro atoms. The second-order valence-corrected chi connectivity index (χ2v) is 5.61. The van der Waals surface area contributed by atoms with E-state index in [9.17, 15) is 9.50 Å². The SMILES string of the molecule is CC(C)C(O)CNC(c1ccccc1)c1ccc(F)cc1. The van der Waals surface area contributed by atoms with Gasteiger partial charge in [0.05, 0.1) is 12.1 Å². The van der Waals surface area contributed by atoms with Crippen LogP contribution in [0.1, 0.15) is 31.0 Å². The Morgan fingerprint density at radius 1 is 0.952 bits per heavy atom. The third-order valence-corrected chi connectivity index (χ3v) is 3.64. The Morgan fingerprint density at radius 3 is 2.10 bits per heavy atom. The van der Waals surface area contributed by atoms with Crippen LogP contribution >= 0.6 is 0 Å². The molecule has 112 valence electrons. The standard InChI is InChI=1S/C18H22FNO/c1-13(2)17(21)12-20-18(14-6-4-3-5-7-14)15-8-10-16(19)11-9-15/h3-11,13,17-18,20-21H,12H2,1-2H3. The molecule has 0 heterocycles. The van der Waals surface area contributed by atoms with E-state index in [1.54, 1.807) is 12.1 Å². The van der Waals surface area contributed by atoms with E-state index in [2.05, 4.69) is 5.32 Å². The molecule has 2 rings (SSSR count). The summed E-state index contributed by atoms with van der Waals surface area (Å²) in [5.74, 6) is -0.0464. The highest BCUT2D eigenvalue weighted by atomic mass is 19.1. The first-order valence-corrected chi connectivity index (χ1v) is 7.30. The Balaban J connectivity index is 2.20. The summed E-state index contributed by atoms with van der Waals surface area (Å²) in [6.45, 7) is 4.47. The summed E-state index contributed by atoms with van der Waals surface area (Å²) < 4.78 is 13.1. The first-order valence-electron chi connectivity index (χ1n) is 7.30. The van der Waals surface area contributed by atoms with Crippen LogP contribution in [-0.4, -0.2) is 17.8 Å². The lowest BCUT2D eigenvalue weighted by molar-refractivity contribution is 0.121. The van der Waals surface area contributed by atoms with Crippen LogP contribution in [0.2, 0.25) is 0 Å². The minimum absolute atomic E-state index is 0.0554. The molecule has 2 aromatic rings. The predicted molar refractivity (Wildman–Crippen MR) is 83.5 cm³/mol. The first-order chi connectivity index (χ1) is 10.1. The highest BCUT2D eigenvalue weighted by Crippen LogP contribution is 2.22. The lowest BCUT2D eigenvalue weighted by Gasteiger charge is -2.23. The number of halogens is 1. The van der Waals surface area contributed by atoms with E-state index in [-0.39, 0.29) is 17.8 Å². The minimum atomic E-state index is -0.406. The second kappa shape index (κ2) is 7.34. The Labute approximate surface area is 125 Å². The van der Waals surface area contributed by atoms with Gasteiger partial charge >= 0.3 is 0 Å². The van der Waals surface area contributed by atoms with Crippen LogP contribution < -0.4 is 5.32 Å². The molecule has 0 aromatic heterocycles. The number of benzene rings is 2. The smallest absolute Gasteiger partial charge is 0.123 e. The van der Waals surface area contributed by atoms with Gasteiger partial charge in [0.2, 0.25) is 0 Å². The Morgan fingerprint density at radius 2 is 1.52 bits per heavy atom. The monoisotopic (exact) mass is 287 g/mol. The molecule has 2 unspecified atom stereocenters. The normalized spacial score (nSPS) is 14.1. The van der Waals surface area contributed by atoms with Gasteiger partial charge in [0, 0.05) is 6.54 Å². The third-order valence-electron chi connectivity index (χ3n) is 3.64. The Hall–Kier alpha value is -1.71. The second-order valence-electron chi connectivity index (χ2n) is 5.61. The van der Waals surface area contributed by atoms with Gasteiger partial charge in [-0.25, -0.2) is 4.39 Å². The molecule has 2 atom stereocenters. The molecule has 0 radical (unpaired) electrons. The van der Waals surface area contributed by atoms with Gasteiger partial charge in [0.1, 0.15) is 5.82 Å². The maximum Gasteiger partial charge on any atom is 0.123 e. The summed E-state index contributed by atoms with van der Waals surface area (Å²) in [5.41, 5.74) is 2.08. The van der Waals surface area contributed by atoms with Gasteiger partial charge < -0.3 is 10.4 Å². The van der Waals surface area contributed by atoms with Crippen molar-refractivity contribution in [3.63, 3.8) is 0 Å². The highest BCUT2D eigenvalue weighted by molar-refractivity contribution is 5.31. The maximum absolute atomic E-state index is 13.1. The van der Waals surface area contributed by atoms with Crippen molar-refractivity contribution in [3.05, 3.63) is 71.5 Å². The van der Waals surface area contributed by atoms with Gasteiger partial charge in [0.25, 0.3) is 0 Å². The number of aliphatic hydroxyl groups is 1. The molecule has 0 aliphatic rings. The first kappa shape index (κ1) is 15.7. The quantitative estimate of drug-likeness (QED) is 0.852. The molecule has 3 heteroatoms. The molecule has 0 aliphatic heterocycles. The summed E-state index contributed by atoms with van der Waals surface area (Å²) in [7, 11) is 0. The lowest BCUT2D eigenvalue weighted by atomic mass is 9.98. The fourth-order valence-corrected chi connectivity index (χ4v) is 2.20. The number of hydrogen-bond acceptors (Lipinski definition) is 2. The van der Waals surface area contributed by atoms with Crippen LogP contribution in [0.4, 0.5) is 4.39 Å². The van der Waals surface area contributed by atoms with Crippen LogP contribution in [0.25, 0.3) is 0 Å². The largest absolute Gasteiger partial charge is 0.392 e. The van der Waals surface area contributed by atoms with E-state index >= 15 is 0 Å². The summed E-state index contributed by atoms with van der Waals surface area (Å²) in [5, 5.41) is 13.4. The zero-order valence-corrected chi connectivity index (χ0v) is 12.5. The third kappa shape index (κ3) is 4.38. The molecule has 2 nitrogen and oxygen atoms in total. The summed E-state index contributed by atoms with van der Waals surface area (Å²) in [6.07, 6.45) is -0.406. The molecular formula is C18H22FNO. The average Bonchev–Trinajstić information content (AvgIpc) is 2.50. The van der Waals surface area contributed by atoms with E-state index in [0.717, 1.165) is 11.1 Å². The van der Waals surface area contributed by atoms with Gasteiger partial charge in [-0.15, -0.1) is 0 Å². The van der Waals surface area contributed by atoms with Crippen LogP contribution in [0.3, 0.4) is 0 Å². The van der Waals surface area contributed by atoms with E-state index in [0.29, 0.717) is 6.54 Å². The molecule has 2 aromatic carbocycles. The fraction of sp³-hybridized carbons (Fsp3) is 0.333. The number of hydrogen-bond donors (Lipinski definition) is 2. The van der Waals surface area contributed by atoms with E-state index in [1.807, 2.05) is 44.2 Å². The molecule has 0 amide bonds. The summed E-state index contributed by atoms with van der Waals surface area (Å²) in [6, 6.07) is 16.4. The topological polar surface area (TPSA) is 32.3 Å². The highest BCUT2D eigenvalue weighted by Gasteiger charge is 2.16. The number of aliphatic hydroxyl groups excluding tert-OH is 1. The summed E-state index contributed by atoms with van der Waals surface area (Å²) in [4.78, 5) is 0. The molecule has 2 N–H and O–H groups in total. The van der Waals surface area contributed by atoms with E-state index in [1.165, 1.54) is 12.1 Å². The zero-order chi connectivity index (χ0) is 15.2. The van der Waals surface area contributed by atoms with Crippen LogP contribution in [0.5, 0.6) is 0 Å². The molecule has 0 fully saturated rings. The number of rotatable bonds is 6. The van der Waals surface area contributed by atoms with Gasteiger partial charge in [-0.1, -0.05) is 56.3 Å². The van der Waals surface area contributed by atoms with Gasteiger partial charge in [0.15, 0.2) is 0 Å². The van der Waals surface area contributed by atoms with Crippen LogP contribution in [0, 0.1) is 11.7 Å². The average molecular weight is 287 g/mol. The molecule has 0 saturated heterocycles. The molecular weight excluding hydrogens is 265 g/mol. The van der Waals surface area contributed by atoms with Crippen molar-refractivity contribution in [2.75, 3.05) is 6.54 Å². The summed E-state index contributed by atoms with van der Waals surface area (Å²) >= 11 is 0. The molecule has 21 heavy (non-hydrogen) atoms. The van der Waals surface area contributed by atoms with E-state index in [4.69, 9.17) is 0 Å². The zero-order valence-electron chi connectivity index (χ0n) is 12.5. The van der Waals surface area contributed by atoms with Crippen molar-refractivity contribution in [3.8, 4) is 0 Å². The number of nitrogens with one attached hydrogen (secondary N) is 1. The van der Waals surface area contributed by atoms with Crippen LogP contribution in [-0.2, 0) is 0 Å². The maximum atomic E-state index is 13.1. The van der Waals surface area contributed by atoms with Gasteiger partial charge in [-0.05, 0) is 29.2 Å². The van der Waals surface area contributed by atoms with Gasteiger partial charge in [-0.2, -0.15) is 0 Å². The van der Waals surface area contributed by atoms with E-state index < -0.39 is 6.10 Å². The van der Waals surface area contributed by atoms with Crippen molar-refractivity contribution in [2.24, 2.45) is 5.92 Å². The molecule has 0 bridgehead atoms. The predicted octanol–water partition coefficient (Wildman–Crippen LogP) is 3.52. The minimum Gasteiger partial charge on any atom is -0.392 e. The van der Waals surface area contributed by atoms with Gasteiger partial charge in [-0.3, -0.25) is 0 Å². The van der Waals surface area contributed by atoms with Crippen molar-refractivity contribution in [1.29, 1.82) is 0 Å². The van der Waals surface area contributed by atoms with Crippen molar-refractivity contribution in [2.45, 2.75) is 26.0 Å². The Bertz CT molecular complexity index is 539. The van der Waals surface area contributed by atoms with Crippen molar-refractivity contribution < 1.29 is 9.50 Å². The molecule has 0 saturated carbocycles. The molecule has 0 aliphatic carbocycles. The Kier molecular flexibility index (Phi) is 5.48. The van der Waals surface area contributed by atoms with Crippen molar-refractivity contribution >= 4 is 0 Å². The van der Waals surface area contributed by atoms with Crippen molar-refractivity contribution in [1.82, 2.24) is 5.32 Å². The fourth-order valence-electron chi connectivity index (χ4n) is 2.20. The van der Waals surface area contributed by atoms with Crippen LogP contribution in [0.15, 0.2) is 54.6 Å².